The number of aromatic nitrogens is 2. The van der Waals surface area contributed by atoms with E-state index in [9.17, 15) is 4.79 Å². The molecule has 92 valence electrons. The van der Waals surface area contributed by atoms with Crippen molar-refractivity contribution in [3.05, 3.63) is 34.1 Å². The lowest BCUT2D eigenvalue weighted by molar-refractivity contribution is 0.476. The molecule has 4 heteroatoms. The molecule has 1 unspecified atom stereocenters. The highest BCUT2D eigenvalue weighted by atomic mass is 16.1. The van der Waals surface area contributed by atoms with Gasteiger partial charge >= 0.3 is 0 Å². The van der Waals surface area contributed by atoms with Gasteiger partial charge in [-0.25, -0.2) is 0 Å². The molecular weight excluding hydrogens is 214 g/mol. The van der Waals surface area contributed by atoms with Gasteiger partial charge in [0.1, 0.15) is 0 Å². The normalized spacial score (nSPS) is 13.5. The van der Waals surface area contributed by atoms with E-state index in [2.05, 4.69) is 18.9 Å². The molecule has 0 spiro atoms. The fraction of sp³-hybridized carbons (Fsp3) is 0.462. The van der Waals surface area contributed by atoms with Crippen molar-refractivity contribution in [1.29, 1.82) is 0 Å². The molecule has 17 heavy (non-hydrogen) atoms. The van der Waals surface area contributed by atoms with Gasteiger partial charge < -0.3 is 5.73 Å². The average molecular weight is 233 g/mol. The highest BCUT2D eigenvalue weighted by Crippen LogP contribution is 2.15. The van der Waals surface area contributed by atoms with Crippen molar-refractivity contribution in [2.75, 3.05) is 0 Å². The minimum atomic E-state index is -0.0173. The van der Waals surface area contributed by atoms with E-state index >= 15 is 0 Å². The maximum absolute atomic E-state index is 12.0. The number of benzene rings is 1. The molecule has 0 aliphatic carbocycles. The summed E-state index contributed by atoms with van der Waals surface area (Å²) in [5.41, 5.74) is 7.78. The highest BCUT2D eigenvalue weighted by molar-refractivity contribution is 5.78. The van der Waals surface area contributed by atoms with Crippen molar-refractivity contribution in [3.8, 4) is 0 Å². The smallest absolute Gasteiger partial charge is 0.274 e. The molecule has 1 aromatic heterocycles. The second kappa shape index (κ2) is 4.37. The number of nitrogens with two attached hydrogens (primary N) is 1. The minimum Gasteiger partial charge on any atom is -0.324 e. The Kier molecular flexibility index (Phi) is 3.07. The minimum absolute atomic E-state index is 0.0173. The Morgan fingerprint density at radius 3 is 2.65 bits per heavy atom. The molecule has 0 amide bonds. The van der Waals surface area contributed by atoms with Crippen molar-refractivity contribution in [2.24, 2.45) is 11.7 Å². The van der Waals surface area contributed by atoms with Crippen LogP contribution in [-0.2, 0) is 6.54 Å². The Labute approximate surface area is 100 Å². The van der Waals surface area contributed by atoms with Gasteiger partial charge in [0.05, 0.1) is 10.9 Å². The molecular formula is C13H19N3O. The molecule has 3 N–H and O–H groups in total. The molecule has 1 atom stereocenters. The second-order valence-corrected chi connectivity index (χ2v) is 5.02. The molecule has 0 saturated heterocycles. The van der Waals surface area contributed by atoms with Gasteiger partial charge in [-0.2, -0.15) is 0 Å². The SMILES string of the molecule is CC(C)Cn1[nH]c2cc(C(C)N)ccc2c1=O. The Morgan fingerprint density at radius 2 is 2.06 bits per heavy atom. The van der Waals surface area contributed by atoms with E-state index in [1.807, 2.05) is 25.1 Å². The zero-order valence-electron chi connectivity index (χ0n) is 10.5. The van der Waals surface area contributed by atoms with E-state index in [1.165, 1.54) is 0 Å². The topological polar surface area (TPSA) is 63.8 Å². The van der Waals surface area contributed by atoms with Crippen LogP contribution in [0.25, 0.3) is 10.9 Å². The standard InChI is InChI=1S/C13H19N3O/c1-8(2)7-16-13(17)11-5-4-10(9(3)14)6-12(11)15-16/h4-6,8-9,15H,7,14H2,1-3H3. The van der Waals surface area contributed by atoms with E-state index in [-0.39, 0.29) is 11.6 Å². The fourth-order valence-electron chi connectivity index (χ4n) is 1.96. The summed E-state index contributed by atoms with van der Waals surface area (Å²) in [4.78, 5) is 12.0. The summed E-state index contributed by atoms with van der Waals surface area (Å²) in [6.45, 7) is 6.82. The number of fused-ring (bicyclic) bond motifs is 1. The zero-order chi connectivity index (χ0) is 12.6. The lowest BCUT2D eigenvalue weighted by atomic mass is 10.1. The van der Waals surface area contributed by atoms with Crippen LogP contribution in [-0.4, -0.2) is 9.78 Å². The van der Waals surface area contributed by atoms with Crippen LogP contribution in [0, 0.1) is 5.92 Å². The van der Waals surface area contributed by atoms with Gasteiger partial charge in [0.15, 0.2) is 0 Å². The maximum Gasteiger partial charge on any atom is 0.274 e. The van der Waals surface area contributed by atoms with Crippen LogP contribution in [0.5, 0.6) is 0 Å². The molecule has 0 bridgehead atoms. The van der Waals surface area contributed by atoms with Gasteiger partial charge in [-0.15, -0.1) is 0 Å². The summed E-state index contributed by atoms with van der Waals surface area (Å²) < 4.78 is 1.67. The number of nitrogens with zero attached hydrogens (tertiary/aromatic N) is 1. The Bertz CT molecular complexity index is 578. The Morgan fingerprint density at radius 1 is 1.35 bits per heavy atom. The molecule has 1 aromatic carbocycles. The lowest BCUT2D eigenvalue weighted by Crippen LogP contribution is -2.19. The van der Waals surface area contributed by atoms with Gasteiger partial charge in [0.2, 0.25) is 0 Å². The largest absolute Gasteiger partial charge is 0.324 e. The fourth-order valence-corrected chi connectivity index (χ4v) is 1.96. The molecule has 0 aliphatic rings. The van der Waals surface area contributed by atoms with Crippen molar-refractivity contribution in [2.45, 2.75) is 33.4 Å². The summed E-state index contributed by atoms with van der Waals surface area (Å²) in [6.07, 6.45) is 0. The summed E-state index contributed by atoms with van der Waals surface area (Å²) in [6, 6.07) is 5.71. The third-order valence-electron chi connectivity index (χ3n) is 2.85. The molecule has 1 heterocycles. The van der Waals surface area contributed by atoms with Crippen molar-refractivity contribution in [3.63, 3.8) is 0 Å². The van der Waals surface area contributed by atoms with Crippen LogP contribution in [0.15, 0.2) is 23.0 Å². The number of hydrogen-bond acceptors (Lipinski definition) is 2. The van der Waals surface area contributed by atoms with E-state index in [4.69, 9.17) is 5.73 Å². The maximum atomic E-state index is 12.0. The highest BCUT2D eigenvalue weighted by Gasteiger charge is 2.09. The van der Waals surface area contributed by atoms with Gasteiger partial charge in [0, 0.05) is 12.6 Å². The van der Waals surface area contributed by atoms with E-state index < -0.39 is 0 Å². The summed E-state index contributed by atoms with van der Waals surface area (Å²) in [5.74, 6) is 0.439. The average Bonchev–Trinajstić information content (AvgIpc) is 2.54. The number of nitrogens with one attached hydrogen (secondary N) is 1. The zero-order valence-corrected chi connectivity index (χ0v) is 10.5. The molecule has 4 nitrogen and oxygen atoms in total. The first-order valence-corrected chi connectivity index (χ1v) is 5.97. The van der Waals surface area contributed by atoms with Crippen LogP contribution in [0.1, 0.15) is 32.4 Å². The van der Waals surface area contributed by atoms with Crippen LogP contribution < -0.4 is 11.3 Å². The summed E-state index contributed by atoms with van der Waals surface area (Å²) >= 11 is 0. The van der Waals surface area contributed by atoms with Crippen LogP contribution in [0.4, 0.5) is 0 Å². The van der Waals surface area contributed by atoms with Crippen LogP contribution in [0.3, 0.4) is 0 Å². The van der Waals surface area contributed by atoms with Crippen molar-refractivity contribution in [1.82, 2.24) is 9.78 Å². The molecule has 2 aromatic rings. The molecule has 0 aliphatic heterocycles. The summed E-state index contributed by atoms with van der Waals surface area (Å²) in [7, 11) is 0. The van der Waals surface area contributed by atoms with Crippen LogP contribution in [0.2, 0.25) is 0 Å². The van der Waals surface area contributed by atoms with E-state index in [0.29, 0.717) is 12.5 Å². The van der Waals surface area contributed by atoms with Crippen LogP contribution >= 0.6 is 0 Å². The van der Waals surface area contributed by atoms with Crippen molar-refractivity contribution >= 4 is 10.9 Å². The number of hydrogen-bond donors (Lipinski definition) is 2. The first-order chi connectivity index (χ1) is 7.99. The van der Waals surface area contributed by atoms with E-state index in [1.54, 1.807) is 4.68 Å². The van der Waals surface area contributed by atoms with E-state index in [0.717, 1.165) is 16.5 Å². The first kappa shape index (κ1) is 11.9. The van der Waals surface area contributed by atoms with Crippen molar-refractivity contribution < 1.29 is 0 Å². The second-order valence-electron chi connectivity index (χ2n) is 5.02. The molecule has 2 rings (SSSR count). The molecule has 0 saturated carbocycles. The number of H-pyrrole nitrogens is 1. The number of aromatic amines is 1. The van der Waals surface area contributed by atoms with Gasteiger partial charge in [-0.3, -0.25) is 14.6 Å². The first-order valence-electron chi connectivity index (χ1n) is 5.97. The lowest BCUT2D eigenvalue weighted by Gasteiger charge is -2.04. The number of rotatable bonds is 3. The third-order valence-corrected chi connectivity index (χ3v) is 2.85. The molecule has 0 fully saturated rings. The predicted octanol–water partition coefficient (Wildman–Crippen LogP) is 2.01. The van der Waals surface area contributed by atoms with Gasteiger partial charge in [-0.05, 0) is 30.5 Å². The predicted molar refractivity (Wildman–Crippen MR) is 70.0 cm³/mol. The Balaban J connectivity index is 2.53. The van der Waals surface area contributed by atoms with Gasteiger partial charge in [-0.1, -0.05) is 19.9 Å². The molecule has 0 radical (unpaired) electrons. The monoisotopic (exact) mass is 233 g/mol. The quantitative estimate of drug-likeness (QED) is 0.851. The summed E-state index contributed by atoms with van der Waals surface area (Å²) in [5, 5.41) is 3.87. The van der Waals surface area contributed by atoms with Gasteiger partial charge in [0.25, 0.3) is 5.56 Å². The third kappa shape index (κ3) is 2.26. The Hall–Kier alpha value is -1.55.